The van der Waals surface area contributed by atoms with Crippen LogP contribution in [0.25, 0.3) is 33.3 Å². The second-order valence-corrected chi connectivity index (χ2v) is 7.94. The average molecular weight is 429 g/mol. The number of hydrogen-bond donors (Lipinski definition) is 3. The van der Waals surface area contributed by atoms with Gasteiger partial charge in [0.15, 0.2) is 11.5 Å². The molecule has 0 spiro atoms. The van der Waals surface area contributed by atoms with Gasteiger partial charge in [0, 0.05) is 22.5 Å². The quantitative estimate of drug-likeness (QED) is 0.447. The van der Waals surface area contributed by atoms with Gasteiger partial charge in [-0.25, -0.2) is 15.0 Å². The third-order valence-electron chi connectivity index (χ3n) is 6.17. The fraction of sp³-hybridized carbons (Fsp3) is 0.273. The zero-order chi connectivity index (χ0) is 22.4. The van der Waals surface area contributed by atoms with Crippen LogP contribution in [0.5, 0.6) is 0 Å². The maximum absolute atomic E-state index is 13.8. The van der Waals surface area contributed by atoms with Crippen molar-refractivity contribution in [2.75, 3.05) is 5.73 Å². The second kappa shape index (κ2) is 7.46. The first-order valence-electron chi connectivity index (χ1n) is 10.3. The van der Waals surface area contributed by atoms with Gasteiger partial charge in [0.25, 0.3) is 5.56 Å². The lowest BCUT2D eigenvalue weighted by Crippen LogP contribution is -2.32. The van der Waals surface area contributed by atoms with Gasteiger partial charge in [-0.1, -0.05) is 18.2 Å². The van der Waals surface area contributed by atoms with E-state index in [4.69, 9.17) is 5.73 Å². The maximum atomic E-state index is 13.8. The van der Waals surface area contributed by atoms with E-state index in [1.807, 2.05) is 24.3 Å². The molecule has 0 aliphatic heterocycles. The summed E-state index contributed by atoms with van der Waals surface area (Å²) in [6, 6.07) is 9.17. The molecule has 5 rings (SSSR count). The summed E-state index contributed by atoms with van der Waals surface area (Å²) in [7, 11) is 0. The van der Waals surface area contributed by atoms with Crippen LogP contribution in [0, 0.1) is 17.2 Å². The molecular weight excluding hydrogens is 410 g/mol. The van der Waals surface area contributed by atoms with Gasteiger partial charge in [-0.05, 0) is 31.7 Å². The molecule has 1 saturated carbocycles. The zero-order valence-electron chi connectivity index (χ0n) is 16.9. The van der Waals surface area contributed by atoms with E-state index >= 15 is 0 Å². The van der Waals surface area contributed by atoms with Crippen molar-refractivity contribution in [3.63, 3.8) is 0 Å². The van der Waals surface area contributed by atoms with Crippen LogP contribution in [0.3, 0.4) is 0 Å². The lowest BCUT2D eigenvalue weighted by molar-refractivity contribution is -0.143. The number of carbonyl (C=O) groups is 1. The number of nitrogens with two attached hydrogens (primary N) is 1. The molecule has 0 radical (unpaired) electrons. The Morgan fingerprint density at radius 3 is 2.69 bits per heavy atom. The highest BCUT2D eigenvalue weighted by atomic mass is 16.4. The highest BCUT2D eigenvalue weighted by molar-refractivity contribution is 5.98. The van der Waals surface area contributed by atoms with Crippen molar-refractivity contribution < 1.29 is 9.90 Å². The molecule has 0 atom stereocenters. The highest BCUT2D eigenvalue weighted by Gasteiger charge is 2.30. The number of nitrogens with zero attached hydrogens (tertiary/aromatic N) is 5. The Morgan fingerprint density at radius 2 is 1.97 bits per heavy atom. The third kappa shape index (κ3) is 2.98. The van der Waals surface area contributed by atoms with Crippen LogP contribution in [-0.2, 0) is 4.79 Å². The van der Waals surface area contributed by atoms with Crippen LogP contribution in [0.4, 0.5) is 5.82 Å². The fourth-order valence-electron chi connectivity index (χ4n) is 4.59. The minimum absolute atomic E-state index is 0.0911. The van der Waals surface area contributed by atoms with Crippen LogP contribution >= 0.6 is 0 Å². The molecule has 10 heteroatoms. The summed E-state index contributed by atoms with van der Waals surface area (Å²) in [5, 5.41) is 19.7. The van der Waals surface area contributed by atoms with Gasteiger partial charge in [-0.15, -0.1) is 0 Å². The summed E-state index contributed by atoms with van der Waals surface area (Å²) in [4.78, 5) is 41.0. The molecule has 4 aromatic rings. The van der Waals surface area contributed by atoms with Crippen LogP contribution in [0.1, 0.15) is 37.4 Å². The zero-order valence-corrected chi connectivity index (χ0v) is 16.9. The number of fused-ring (bicyclic) bond motifs is 2. The van der Waals surface area contributed by atoms with Gasteiger partial charge in [-0.2, -0.15) is 5.26 Å². The fourth-order valence-corrected chi connectivity index (χ4v) is 4.59. The lowest BCUT2D eigenvalue weighted by Gasteiger charge is -2.28. The summed E-state index contributed by atoms with van der Waals surface area (Å²) in [5.41, 5.74) is 7.72. The molecule has 0 bridgehead atoms. The molecule has 10 nitrogen and oxygen atoms in total. The molecule has 160 valence electrons. The molecule has 1 aromatic carbocycles. The van der Waals surface area contributed by atoms with Crippen molar-refractivity contribution in [1.29, 1.82) is 5.26 Å². The number of para-hydroxylation sites is 1. The first kappa shape index (κ1) is 19.7. The van der Waals surface area contributed by atoms with E-state index in [0.717, 1.165) is 0 Å². The number of nitrogen functional groups attached to an aromatic ring is 1. The van der Waals surface area contributed by atoms with Crippen molar-refractivity contribution in [3.8, 4) is 17.3 Å². The highest BCUT2D eigenvalue weighted by Crippen LogP contribution is 2.35. The summed E-state index contributed by atoms with van der Waals surface area (Å²) in [6.45, 7) is 0. The maximum Gasteiger partial charge on any atom is 0.306 e. The van der Waals surface area contributed by atoms with E-state index < -0.39 is 17.4 Å². The van der Waals surface area contributed by atoms with Crippen molar-refractivity contribution in [2.45, 2.75) is 31.7 Å². The van der Waals surface area contributed by atoms with Crippen molar-refractivity contribution in [3.05, 3.63) is 46.6 Å². The van der Waals surface area contributed by atoms with E-state index in [0.29, 0.717) is 47.8 Å². The molecular formula is C22H19N7O3. The normalized spacial score (nSPS) is 18.6. The van der Waals surface area contributed by atoms with Crippen LogP contribution in [0.2, 0.25) is 0 Å². The molecule has 32 heavy (non-hydrogen) atoms. The van der Waals surface area contributed by atoms with Crippen molar-refractivity contribution in [2.24, 2.45) is 5.92 Å². The Morgan fingerprint density at radius 1 is 1.22 bits per heavy atom. The molecule has 0 unspecified atom stereocenters. The van der Waals surface area contributed by atoms with Gasteiger partial charge >= 0.3 is 5.97 Å². The number of nitrogens with one attached hydrogen (secondary N) is 1. The first-order chi connectivity index (χ1) is 15.5. The van der Waals surface area contributed by atoms with Crippen molar-refractivity contribution in [1.82, 2.24) is 24.5 Å². The van der Waals surface area contributed by atoms with E-state index in [9.17, 15) is 20.0 Å². The van der Waals surface area contributed by atoms with Gasteiger partial charge in [0.1, 0.15) is 29.3 Å². The number of aromatic nitrogens is 5. The third-order valence-corrected chi connectivity index (χ3v) is 6.17. The predicted octanol–water partition coefficient (Wildman–Crippen LogP) is 2.60. The minimum Gasteiger partial charge on any atom is -0.481 e. The molecule has 3 aromatic heterocycles. The van der Waals surface area contributed by atoms with Gasteiger partial charge < -0.3 is 15.8 Å². The van der Waals surface area contributed by atoms with Gasteiger partial charge in [0.2, 0.25) is 0 Å². The molecule has 1 aliphatic carbocycles. The number of benzene rings is 1. The summed E-state index contributed by atoms with van der Waals surface area (Å²) < 4.78 is 1.55. The smallest absolute Gasteiger partial charge is 0.306 e. The van der Waals surface area contributed by atoms with Crippen LogP contribution in [-0.4, -0.2) is 35.6 Å². The average Bonchev–Trinajstić information content (AvgIpc) is 3.18. The number of hydrogen-bond acceptors (Lipinski definition) is 7. The SMILES string of the molecule is N#Cc1[nH]c2ccccc2c1-c1nc2c(N)ncnc2n(C2CCC(C(=O)O)CC2)c1=O. The molecule has 4 N–H and O–H groups in total. The topological polar surface area (TPSA) is 164 Å². The largest absolute Gasteiger partial charge is 0.481 e. The number of rotatable bonds is 3. The number of H-pyrrole nitrogens is 1. The van der Waals surface area contributed by atoms with E-state index in [2.05, 4.69) is 26.0 Å². The number of nitriles is 1. The molecule has 1 aliphatic rings. The monoisotopic (exact) mass is 429 g/mol. The standard InChI is InChI=1S/C22H19N7O3/c23-9-15-16(13-3-1-2-4-14(13)27-15)17-21(30)29(12-7-5-11(6-8-12)22(31)32)20-18(28-17)19(24)25-10-26-20/h1-4,10-12,27H,5-8H2,(H,31,32)(H2,24,25,26). The van der Waals surface area contributed by atoms with Crippen LogP contribution in [0.15, 0.2) is 35.4 Å². The molecule has 1 fully saturated rings. The molecule has 0 saturated heterocycles. The van der Waals surface area contributed by atoms with Gasteiger partial charge in [0.05, 0.1) is 5.92 Å². The number of carboxylic acid groups (broad SMARTS) is 1. The Balaban J connectivity index is 1.78. The van der Waals surface area contributed by atoms with E-state index in [-0.39, 0.29) is 28.8 Å². The Labute approximate surface area is 181 Å². The van der Waals surface area contributed by atoms with Crippen molar-refractivity contribution >= 4 is 33.9 Å². The summed E-state index contributed by atoms with van der Waals surface area (Å²) in [5.74, 6) is -1.12. The predicted molar refractivity (Wildman–Crippen MR) is 117 cm³/mol. The number of aliphatic carboxylic acids is 1. The van der Waals surface area contributed by atoms with E-state index in [1.165, 1.54) is 6.33 Å². The molecule has 0 amide bonds. The summed E-state index contributed by atoms with van der Waals surface area (Å²) in [6.07, 6.45) is 3.23. The Bertz CT molecular complexity index is 1470. The number of carboxylic acids is 1. The van der Waals surface area contributed by atoms with Crippen LogP contribution < -0.4 is 11.3 Å². The minimum atomic E-state index is -0.819. The number of anilines is 1. The first-order valence-corrected chi connectivity index (χ1v) is 10.3. The summed E-state index contributed by atoms with van der Waals surface area (Å²) >= 11 is 0. The Kier molecular flexibility index (Phi) is 4.59. The lowest BCUT2D eigenvalue weighted by atomic mass is 9.86. The van der Waals surface area contributed by atoms with E-state index in [1.54, 1.807) is 4.57 Å². The number of aromatic amines is 1. The second-order valence-electron chi connectivity index (χ2n) is 7.94. The molecule has 3 heterocycles. The Hall–Kier alpha value is -4.26. The van der Waals surface area contributed by atoms with Gasteiger partial charge in [-0.3, -0.25) is 14.2 Å².